The number of benzene rings is 1. The lowest BCUT2D eigenvalue weighted by atomic mass is 10.2. The molecule has 0 radical (unpaired) electrons. The maximum atomic E-state index is 12.8. The zero-order valence-corrected chi connectivity index (χ0v) is 10.3. The Kier molecular flexibility index (Phi) is 4.39. The van der Waals surface area contributed by atoms with Crippen LogP contribution in [0.4, 0.5) is 16.2 Å². The molecule has 0 spiro atoms. The Morgan fingerprint density at radius 3 is 2.74 bits per heavy atom. The van der Waals surface area contributed by atoms with E-state index in [4.69, 9.17) is 0 Å². The van der Waals surface area contributed by atoms with Crippen LogP contribution in [-0.4, -0.2) is 21.7 Å². The van der Waals surface area contributed by atoms with E-state index in [-0.39, 0.29) is 5.82 Å². The van der Waals surface area contributed by atoms with E-state index in [0.29, 0.717) is 24.9 Å². The van der Waals surface area contributed by atoms with E-state index in [1.165, 1.54) is 18.3 Å². The molecule has 0 aliphatic carbocycles. The molecule has 5 nitrogen and oxygen atoms in total. The van der Waals surface area contributed by atoms with Crippen molar-refractivity contribution in [2.75, 3.05) is 17.2 Å². The molecule has 0 fully saturated rings. The van der Waals surface area contributed by atoms with Crippen LogP contribution >= 0.6 is 0 Å². The summed E-state index contributed by atoms with van der Waals surface area (Å²) in [5, 5.41) is 13.7. The van der Waals surface area contributed by atoms with Gasteiger partial charge in [0.05, 0.1) is 6.20 Å². The van der Waals surface area contributed by atoms with Crippen molar-refractivity contribution < 1.29 is 4.39 Å². The molecule has 0 bridgehead atoms. The summed E-state index contributed by atoms with van der Waals surface area (Å²) >= 11 is 0. The van der Waals surface area contributed by atoms with E-state index < -0.39 is 0 Å². The molecule has 6 heteroatoms. The second kappa shape index (κ2) is 6.44. The minimum Gasteiger partial charge on any atom is -0.365 e. The summed E-state index contributed by atoms with van der Waals surface area (Å²) in [6.45, 7) is 4.71. The summed E-state index contributed by atoms with van der Waals surface area (Å²) in [7, 11) is 0. The Labute approximate surface area is 110 Å². The van der Waals surface area contributed by atoms with Crippen molar-refractivity contribution in [3.05, 3.63) is 54.5 Å². The predicted octanol–water partition coefficient (Wildman–Crippen LogP) is 2.22. The summed E-state index contributed by atoms with van der Waals surface area (Å²) in [6.07, 6.45) is 3.24. The Morgan fingerprint density at radius 2 is 2.00 bits per heavy atom. The molecule has 98 valence electrons. The molecule has 1 heterocycles. The molecule has 1 aromatic heterocycles. The lowest BCUT2D eigenvalue weighted by Gasteiger charge is -2.06. The van der Waals surface area contributed by atoms with E-state index in [2.05, 4.69) is 32.4 Å². The van der Waals surface area contributed by atoms with Gasteiger partial charge in [0.2, 0.25) is 5.95 Å². The minimum atomic E-state index is -0.247. The molecule has 2 N–H and O–H groups in total. The molecular formula is C13H14FN5. The number of hydrogen-bond acceptors (Lipinski definition) is 5. The van der Waals surface area contributed by atoms with Crippen molar-refractivity contribution in [1.29, 1.82) is 0 Å². The predicted molar refractivity (Wildman–Crippen MR) is 72.2 cm³/mol. The molecule has 0 aliphatic heterocycles. The van der Waals surface area contributed by atoms with E-state index in [9.17, 15) is 4.39 Å². The number of hydrogen-bond donors (Lipinski definition) is 2. The third-order valence-electron chi connectivity index (χ3n) is 2.35. The first-order valence-corrected chi connectivity index (χ1v) is 5.81. The Morgan fingerprint density at radius 1 is 1.21 bits per heavy atom. The largest absolute Gasteiger partial charge is 0.365 e. The average molecular weight is 259 g/mol. The van der Waals surface area contributed by atoms with Gasteiger partial charge >= 0.3 is 0 Å². The van der Waals surface area contributed by atoms with E-state index >= 15 is 0 Å². The summed E-state index contributed by atoms with van der Waals surface area (Å²) in [6, 6.07) is 6.28. The lowest BCUT2D eigenvalue weighted by Crippen LogP contribution is -2.07. The Bertz CT molecular complexity index is 541. The molecule has 1 aromatic carbocycles. The standard InChI is InChI=1S/C13H14FN5/c1-2-7-15-13-18-12(9-17-19-13)16-8-10-3-5-11(14)6-4-10/h2-6,9H,1,7-8H2,(H2,15,16,18,19). The van der Waals surface area contributed by atoms with E-state index in [1.807, 2.05) is 0 Å². The molecule has 0 saturated carbocycles. The SMILES string of the molecule is C=CCNc1nncc(NCc2ccc(F)cc2)n1. The molecule has 19 heavy (non-hydrogen) atoms. The van der Waals surface area contributed by atoms with Gasteiger partial charge in [-0.15, -0.1) is 11.7 Å². The van der Waals surface area contributed by atoms with Crippen molar-refractivity contribution in [3.8, 4) is 0 Å². The van der Waals surface area contributed by atoms with Crippen LogP contribution < -0.4 is 10.6 Å². The Balaban J connectivity index is 1.95. The highest BCUT2D eigenvalue weighted by atomic mass is 19.1. The quantitative estimate of drug-likeness (QED) is 0.779. The van der Waals surface area contributed by atoms with Gasteiger partial charge in [0.15, 0.2) is 5.82 Å². The molecule has 0 unspecified atom stereocenters. The number of nitrogens with one attached hydrogen (secondary N) is 2. The van der Waals surface area contributed by atoms with Crippen LogP contribution in [0.25, 0.3) is 0 Å². The van der Waals surface area contributed by atoms with Crippen LogP contribution in [0.5, 0.6) is 0 Å². The fourth-order valence-electron chi connectivity index (χ4n) is 1.42. The first-order valence-electron chi connectivity index (χ1n) is 5.81. The smallest absolute Gasteiger partial charge is 0.244 e. The van der Waals surface area contributed by atoms with E-state index in [0.717, 1.165) is 5.56 Å². The van der Waals surface area contributed by atoms with Gasteiger partial charge in [0.25, 0.3) is 0 Å². The normalized spacial score (nSPS) is 9.95. The van der Waals surface area contributed by atoms with Crippen LogP contribution in [0.3, 0.4) is 0 Å². The highest BCUT2D eigenvalue weighted by molar-refractivity contribution is 5.38. The zero-order chi connectivity index (χ0) is 13.5. The van der Waals surface area contributed by atoms with Crippen molar-refractivity contribution in [3.63, 3.8) is 0 Å². The highest BCUT2D eigenvalue weighted by Gasteiger charge is 1.99. The van der Waals surface area contributed by atoms with Gasteiger partial charge in [-0.25, -0.2) is 4.39 Å². The summed E-state index contributed by atoms with van der Waals surface area (Å²) in [5.41, 5.74) is 0.959. The molecule has 2 aromatic rings. The van der Waals surface area contributed by atoms with Crippen LogP contribution in [0.1, 0.15) is 5.56 Å². The molecular weight excluding hydrogens is 245 g/mol. The van der Waals surface area contributed by atoms with Gasteiger partial charge in [0.1, 0.15) is 5.82 Å². The third kappa shape index (κ3) is 4.02. The number of nitrogens with zero attached hydrogens (tertiary/aromatic N) is 3. The second-order valence-electron chi connectivity index (χ2n) is 3.81. The fraction of sp³-hybridized carbons (Fsp3) is 0.154. The summed E-state index contributed by atoms with van der Waals surface area (Å²) < 4.78 is 12.8. The van der Waals surface area contributed by atoms with Gasteiger partial charge in [-0.1, -0.05) is 18.2 Å². The fourth-order valence-corrected chi connectivity index (χ4v) is 1.42. The number of rotatable bonds is 6. The topological polar surface area (TPSA) is 62.7 Å². The first kappa shape index (κ1) is 12.9. The zero-order valence-electron chi connectivity index (χ0n) is 10.3. The van der Waals surface area contributed by atoms with Crippen molar-refractivity contribution in [2.45, 2.75) is 6.54 Å². The van der Waals surface area contributed by atoms with Crippen LogP contribution in [0.2, 0.25) is 0 Å². The number of aromatic nitrogens is 3. The highest BCUT2D eigenvalue weighted by Crippen LogP contribution is 2.07. The molecule has 0 amide bonds. The third-order valence-corrected chi connectivity index (χ3v) is 2.35. The molecule has 0 saturated heterocycles. The van der Waals surface area contributed by atoms with Crippen LogP contribution in [0.15, 0.2) is 43.1 Å². The molecule has 0 atom stereocenters. The van der Waals surface area contributed by atoms with Gasteiger partial charge in [0, 0.05) is 13.1 Å². The van der Waals surface area contributed by atoms with E-state index in [1.54, 1.807) is 18.2 Å². The first-order chi connectivity index (χ1) is 9.28. The minimum absolute atomic E-state index is 0.247. The van der Waals surface area contributed by atoms with Gasteiger partial charge in [-0.2, -0.15) is 10.1 Å². The van der Waals surface area contributed by atoms with Gasteiger partial charge in [-0.05, 0) is 17.7 Å². The van der Waals surface area contributed by atoms with Crippen LogP contribution in [0, 0.1) is 5.82 Å². The van der Waals surface area contributed by atoms with Gasteiger partial charge < -0.3 is 10.6 Å². The molecule has 0 aliphatic rings. The molecule has 2 rings (SSSR count). The van der Waals surface area contributed by atoms with Gasteiger partial charge in [-0.3, -0.25) is 0 Å². The van der Waals surface area contributed by atoms with Crippen LogP contribution in [-0.2, 0) is 6.54 Å². The lowest BCUT2D eigenvalue weighted by molar-refractivity contribution is 0.627. The Hall–Kier alpha value is -2.50. The monoisotopic (exact) mass is 259 g/mol. The van der Waals surface area contributed by atoms with Crippen molar-refractivity contribution in [1.82, 2.24) is 15.2 Å². The summed E-state index contributed by atoms with van der Waals surface area (Å²) in [5.74, 6) is 0.790. The number of halogens is 1. The second-order valence-corrected chi connectivity index (χ2v) is 3.81. The van der Waals surface area contributed by atoms with Crippen molar-refractivity contribution >= 4 is 11.8 Å². The maximum absolute atomic E-state index is 12.8. The number of anilines is 2. The maximum Gasteiger partial charge on any atom is 0.244 e. The summed E-state index contributed by atoms with van der Waals surface area (Å²) in [4.78, 5) is 4.23. The average Bonchev–Trinajstić information content (AvgIpc) is 2.45. The van der Waals surface area contributed by atoms with Crippen molar-refractivity contribution in [2.24, 2.45) is 0 Å².